The lowest BCUT2D eigenvalue weighted by Crippen LogP contribution is -2.46. The van der Waals surface area contributed by atoms with Gasteiger partial charge in [0.15, 0.2) is 0 Å². The summed E-state index contributed by atoms with van der Waals surface area (Å²) in [7, 11) is 0. The fraction of sp³-hybridized carbons (Fsp3) is 0.385. The average Bonchev–Trinajstić information content (AvgIpc) is 2.43. The lowest BCUT2D eigenvalue weighted by atomic mass is 9.90. The van der Waals surface area contributed by atoms with Crippen molar-refractivity contribution in [3.8, 4) is 0 Å². The third kappa shape index (κ3) is 2.85. The summed E-state index contributed by atoms with van der Waals surface area (Å²) in [6.45, 7) is 0.0413. The van der Waals surface area contributed by atoms with Crippen LogP contribution in [0.3, 0.4) is 0 Å². The zero-order valence-corrected chi connectivity index (χ0v) is 10.3. The van der Waals surface area contributed by atoms with E-state index in [9.17, 15) is 9.59 Å². The minimum Gasteiger partial charge on any atom is -0.480 e. The number of carbonyl (C=O) groups excluding carboxylic acids is 1. The molecular formula is C13H16N2O4. The van der Waals surface area contributed by atoms with Gasteiger partial charge in [-0.1, -0.05) is 18.2 Å². The summed E-state index contributed by atoms with van der Waals surface area (Å²) in [6, 6.07) is 6.19. The quantitative estimate of drug-likeness (QED) is 0.620. The van der Waals surface area contributed by atoms with Crippen LogP contribution in [-0.4, -0.2) is 41.3 Å². The summed E-state index contributed by atoms with van der Waals surface area (Å²) in [6.07, 6.45) is 0.598. The molecule has 19 heavy (non-hydrogen) atoms. The van der Waals surface area contributed by atoms with Crippen molar-refractivity contribution in [3.05, 3.63) is 29.8 Å². The van der Waals surface area contributed by atoms with Gasteiger partial charge in [0.05, 0.1) is 12.5 Å². The van der Waals surface area contributed by atoms with Crippen LogP contribution in [0.15, 0.2) is 24.3 Å². The fourth-order valence-corrected chi connectivity index (χ4v) is 2.20. The molecule has 0 saturated carbocycles. The largest absolute Gasteiger partial charge is 0.480 e. The first-order valence-electron chi connectivity index (χ1n) is 6.10. The molecule has 1 aromatic rings. The van der Waals surface area contributed by atoms with E-state index < -0.39 is 18.6 Å². The van der Waals surface area contributed by atoms with Gasteiger partial charge in [-0.3, -0.25) is 4.79 Å². The topological polar surface area (TPSA) is 98.7 Å². The second-order valence-electron chi connectivity index (χ2n) is 4.44. The predicted molar refractivity (Wildman–Crippen MR) is 68.9 cm³/mol. The van der Waals surface area contributed by atoms with E-state index in [0.29, 0.717) is 13.0 Å². The molecular weight excluding hydrogens is 248 g/mol. The standard InChI is InChI=1S/C13H16N2O4/c16-7-11(13(18)19)15-12(17)9-5-6-14-10-4-2-1-3-8(9)10/h1-4,9,11,14,16H,5-7H2,(H,15,17)(H,18,19). The molecule has 1 aromatic carbocycles. The van der Waals surface area contributed by atoms with E-state index in [1.54, 1.807) is 0 Å². The molecule has 102 valence electrons. The maximum absolute atomic E-state index is 12.1. The van der Waals surface area contributed by atoms with Gasteiger partial charge in [0.1, 0.15) is 6.04 Å². The van der Waals surface area contributed by atoms with Gasteiger partial charge < -0.3 is 20.8 Å². The highest BCUT2D eigenvalue weighted by molar-refractivity contribution is 5.89. The molecule has 1 amide bonds. The van der Waals surface area contributed by atoms with E-state index in [1.807, 2.05) is 24.3 Å². The Kier molecular flexibility index (Phi) is 4.01. The first-order valence-corrected chi connectivity index (χ1v) is 6.10. The molecule has 1 heterocycles. The van der Waals surface area contributed by atoms with Crippen LogP contribution < -0.4 is 10.6 Å². The zero-order valence-electron chi connectivity index (χ0n) is 10.3. The molecule has 1 aliphatic rings. The first-order chi connectivity index (χ1) is 9.13. The molecule has 2 atom stereocenters. The molecule has 1 aliphatic heterocycles. The van der Waals surface area contributed by atoms with E-state index in [-0.39, 0.29) is 11.8 Å². The SMILES string of the molecule is O=C(O)C(CO)NC(=O)C1CCNc2ccccc21. The molecule has 0 bridgehead atoms. The Morgan fingerprint density at radius 1 is 1.42 bits per heavy atom. The number of anilines is 1. The summed E-state index contributed by atoms with van der Waals surface area (Å²) >= 11 is 0. The second kappa shape index (κ2) is 5.71. The number of hydrogen-bond donors (Lipinski definition) is 4. The van der Waals surface area contributed by atoms with E-state index in [4.69, 9.17) is 10.2 Å². The predicted octanol–water partition coefficient (Wildman–Crippen LogP) is 0.148. The highest BCUT2D eigenvalue weighted by Crippen LogP contribution is 2.31. The van der Waals surface area contributed by atoms with Gasteiger partial charge in [0, 0.05) is 12.2 Å². The number of carboxylic acid groups (broad SMARTS) is 1. The van der Waals surface area contributed by atoms with Crippen molar-refractivity contribution >= 4 is 17.6 Å². The number of aliphatic carboxylic acids is 1. The Morgan fingerprint density at radius 3 is 2.84 bits per heavy atom. The van der Waals surface area contributed by atoms with Gasteiger partial charge in [0.25, 0.3) is 0 Å². The zero-order chi connectivity index (χ0) is 13.8. The maximum atomic E-state index is 12.1. The normalized spacial score (nSPS) is 18.9. The van der Waals surface area contributed by atoms with Crippen LogP contribution in [0.4, 0.5) is 5.69 Å². The summed E-state index contributed by atoms with van der Waals surface area (Å²) in [5.74, 6) is -1.99. The molecule has 0 aromatic heterocycles. The third-order valence-electron chi connectivity index (χ3n) is 3.20. The van der Waals surface area contributed by atoms with Crippen LogP contribution in [0.2, 0.25) is 0 Å². The van der Waals surface area contributed by atoms with E-state index in [2.05, 4.69) is 10.6 Å². The van der Waals surface area contributed by atoms with Gasteiger partial charge in [0.2, 0.25) is 5.91 Å². The Balaban J connectivity index is 2.15. The number of fused-ring (bicyclic) bond motifs is 1. The van der Waals surface area contributed by atoms with Crippen molar-refractivity contribution in [1.82, 2.24) is 5.32 Å². The summed E-state index contributed by atoms with van der Waals surface area (Å²) in [4.78, 5) is 22.9. The van der Waals surface area contributed by atoms with E-state index in [1.165, 1.54) is 0 Å². The molecule has 6 heteroatoms. The first kappa shape index (κ1) is 13.4. The third-order valence-corrected chi connectivity index (χ3v) is 3.20. The summed E-state index contributed by atoms with van der Waals surface area (Å²) in [5.41, 5.74) is 1.75. The van der Waals surface area contributed by atoms with Crippen molar-refractivity contribution < 1.29 is 19.8 Å². The Bertz CT molecular complexity index is 489. The van der Waals surface area contributed by atoms with Crippen molar-refractivity contribution in [3.63, 3.8) is 0 Å². The van der Waals surface area contributed by atoms with E-state index in [0.717, 1.165) is 11.3 Å². The molecule has 2 rings (SSSR count). The van der Waals surface area contributed by atoms with E-state index >= 15 is 0 Å². The fourth-order valence-electron chi connectivity index (χ4n) is 2.20. The molecule has 0 radical (unpaired) electrons. The van der Waals surface area contributed by atoms with Gasteiger partial charge in [-0.2, -0.15) is 0 Å². The second-order valence-corrected chi connectivity index (χ2v) is 4.44. The highest BCUT2D eigenvalue weighted by atomic mass is 16.4. The maximum Gasteiger partial charge on any atom is 0.328 e. The number of para-hydroxylation sites is 1. The Labute approximate surface area is 110 Å². The van der Waals surface area contributed by atoms with Crippen LogP contribution in [0.1, 0.15) is 17.9 Å². The monoisotopic (exact) mass is 264 g/mol. The molecule has 0 aliphatic carbocycles. The smallest absolute Gasteiger partial charge is 0.328 e. The number of rotatable bonds is 4. The molecule has 0 fully saturated rings. The minimum absolute atomic E-state index is 0.365. The van der Waals surface area contributed by atoms with Crippen LogP contribution in [-0.2, 0) is 9.59 Å². The minimum atomic E-state index is -1.26. The lowest BCUT2D eigenvalue weighted by molar-refractivity contribution is -0.143. The lowest BCUT2D eigenvalue weighted by Gasteiger charge is -2.26. The number of carbonyl (C=O) groups is 2. The summed E-state index contributed by atoms with van der Waals surface area (Å²) in [5, 5.41) is 23.3. The Hall–Kier alpha value is -2.08. The molecule has 4 N–H and O–H groups in total. The van der Waals surface area contributed by atoms with Crippen LogP contribution >= 0.6 is 0 Å². The number of benzene rings is 1. The number of nitrogens with one attached hydrogen (secondary N) is 2. The Morgan fingerprint density at radius 2 is 2.16 bits per heavy atom. The molecule has 0 saturated heterocycles. The van der Waals surface area contributed by atoms with Crippen LogP contribution in [0, 0.1) is 0 Å². The van der Waals surface area contributed by atoms with Gasteiger partial charge in [-0.15, -0.1) is 0 Å². The number of aliphatic hydroxyl groups excluding tert-OH is 1. The molecule has 2 unspecified atom stereocenters. The average molecular weight is 264 g/mol. The number of aliphatic hydroxyl groups is 1. The highest BCUT2D eigenvalue weighted by Gasteiger charge is 2.29. The van der Waals surface area contributed by atoms with Crippen molar-refractivity contribution in [1.29, 1.82) is 0 Å². The van der Waals surface area contributed by atoms with Gasteiger partial charge in [-0.25, -0.2) is 4.79 Å². The number of amides is 1. The van der Waals surface area contributed by atoms with Crippen molar-refractivity contribution in [2.45, 2.75) is 18.4 Å². The van der Waals surface area contributed by atoms with Crippen LogP contribution in [0.5, 0.6) is 0 Å². The number of carboxylic acids is 1. The van der Waals surface area contributed by atoms with Gasteiger partial charge in [-0.05, 0) is 18.1 Å². The number of hydrogen-bond acceptors (Lipinski definition) is 4. The summed E-state index contributed by atoms with van der Waals surface area (Å²) < 4.78 is 0. The van der Waals surface area contributed by atoms with Crippen molar-refractivity contribution in [2.75, 3.05) is 18.5 Å². The molecule has 0 spiro atoms. The van der Waals surface area contributed by atoms with Crippen molar-refractivity contribution in [2.24, 2.45) is 0 Å². The van der Waals surface area contributed by atoms with Gasteiger partial charge >= 0.3 is 5.97 Å². The van der Waals surface area contributed by atoms with Crippen LogP contribution in [0.25, 0.3) is 0 Å². The molecule has 6 nitrogen and oxygen atoms in total.